The Morgan fingerprint density at radius 3 is 2.72 bits per heavy atom. The molecule has 0 fully saturated rings. The summed E-state index contributed by atoms with van der Waals surface area (Å²) in [7, 11) is 0. The monoisotopic (exact) mass is 483 g/mol. The first kappa shape index (κ1) is 23.0. The fourth-order valence-electron chi connectivity index (χ4n) is 2.33. The van der Waals surface area contributed by atoms with Crippen LogP contribution in [0.25, 0.3) is 0 Å². The first-order chi connectivity index (χ1) is 15.3. The van der Waals surface area contributed by atoms with Gasteiger partial charge in [0.1, 0.15) is 12.3 Å². The number of carbonyl (C=O) groups is 2. The van der Waals surface area contributed by atoms with Crippen LogP contribution in [0, 0.1) is 10.1 Å². The van der Waals surface area contributed by atoms with E-state index in [0.717, 1.165) is 0 Å². The van der Waals surface area contributed by atoms with Gasteiger partial charge in [-0.2, -0.15) is 9.67 Å². The van der Waals surface area contributed by atoms with Gasteiger partial charge in [0, 0.05) is 18.1 Å². The summed E-state index contributed by atoms with van der Waals surface area (Å²) in [6.07, 6.45) is 1.38. The second kappa shape index (κ2) is 10.5. The number of benzene rings is 1. The van der Waals surface area contributed by atoms with E-state index < -0.39 is 16.7 Å². The maximum Gasteiger partial charge on any atom is 0.389 e. The number of hydrogen-bond donors (Lipinski definition) is 2. The summed E-state index contributed by atoms with van der Waals surface area (Å²) in [4.78, 5) is 37.8. The molecule has 168 valence electrons. The van der Waals surface area contributed by atoms with E-state index in [4.69, 9.17) is 32.5 Å². The smallest absolute Gasteiger partial charge is 0.389 e. The molecule has 32 heavy (non-hydrogen) atoms. The highest BCUT2D eigenvalue weighted by molar-refractivity contribution is 6.35. The number of nitro groups is 1. The second-order valence-corrected chi connectivity index (χ2v) is 6.96. The molecule has 0 atom stereocenters. The molecule has 2 amide bonds. The maximum absolute atomic E-state index is 12.0. The van der Waals surface area contributed by atoms with E-state index in [-0.39, 0.29) is 48.8 Å². The van der Waals surface area contributed by atoms with Crippen LogP contribution in [0.1, 0.15) is 16.5 Å². The van der Waals surface area contributed by atoms with Crippen LogP contribution in [0.15, 0.2) is 35.0 Å². The van der Waals surface area contributed by atoms with Gasteiger partial charge in [-0.1, -0.05) is 28.4 Å². The summed E-state index contributed by atoms with van der Waals surface area (Å²) in [6, 6.07) is 5.84. The number of ether oxygens (including phenoxy) is 1. The molecule has 3 rings (SSSR count). The van der Waals surface area contributed by atoms with Crippen molar-refractivity contribution in [3.8, 4) is 5.75 Å². The molecule has 0 unspecified atom stereocenters. The van der Waals surface area contributed by atoms with Crippen molar-refractivity contribution >= 4 is 40.8 Å². The first-order valence-electron chi connectivity index (χ1n) is 8.95. The Morgan fingerprint density at radius 2 is 2.00 bits per heavy atom. The van der Waals surface area contributed by atoms with Gasteiger partial charge in [-0.05, 0) is 23.1 Å². The molecule has 15 heteroatoms. The van der Waals surface area contributed by atoms with Crippen LogP contribution in [-0.4, -0.2) is 56.4 Å². The van der Waals surface area contributed by atoms with E-state index in [2.05, 4.69) is 25.9 Å². The number of halogens is 2. The average Bonchev–Trinajstić information content (AvgIpc) is 3.41. The summed E-state index contributed by atoms with van der Waals surface area (Å²) < 4.78 is 11.4. The minimum atomic E-state index is -0.645. The number of nitrogens with zero attached hydrogens (tertiary/aromatic N) is 5. The highest BCUT2D eigenvalue weighted by Gasteiger charge is 2.17. The van der Waals surface area contributed by atoms with Crippen molar-refractivity contribution in [2.75, 3.05) is 19.7 Å². The molecule has 0 spiro atoms. The van der Waals surface area contributed by atoms with Gasteiger partial charge < -0.3 is 30.0 Å². The summed E-state index contributed by atoms with van der Waals surface area (Å²) in [5.74, 6) is -1.26. The van der Waals surface area contributed by atoms with Gasteiger partial charge in [-0.3, -0.25) is 9.59 Å². The summed E-state index contributed by atoms with van der Waals surface area (Å²) in [5.41, 5.74) is 0. The standard InChI is InChI=1S/C17H15Cl2N7O6/c18-10-1-2-12(11(19)7-10)31-9-15(27)20-4-5-21-16(28)17-22-13(24-32-17)8-25-6-3-14(23-25)26(29)30/h1-3,6-7H,4-5,8-9H2,(H,20,27)(H,21,28). The van der Waals surface area contributed by atoms with Crippen LogP contribution < -0.4 is 15.4 Å². The van der Waals surface area contributed by atoms with Gasteiger partial charge >= 0.3 is 17.6 Å². The zero-order valence-electron chi connectivity index (χ0n) is 16.2. The zero-order chi connectivity index (χ0) is 23.1. The molecular formula is C17H15Cl2N7O6. The van der Waals surface area contributed by atoms with E-state index in [1.165, 1.54) is 23.0 Å². The molecule has 0 aliphatic heterocycles. The summed E-state index contributed by atoms with van der Waals surface area (Å²) in [5, 5.41) is 23.8. The van der Waals surface area contributed by atoms with Gasteiger partial charge in [-0.15, -0.1) is 0 Å². The number of aromatic nitrogens is 4. The van der Waals surface area contributed by atoms with Gasteiger partial charge in [-0.25, -0.2) is 0 Å². The van der Waals surface area contributed by atoms with Crippen molar-refractivity contribution in [3.63, 3.8) is 0 Å². The normalized spacial score (nSPS) is 10.6. The van der Waals surface area contributed by atoms with Crippen molar-refractivity contribution in [3.05, 3.63) is 62.3 Å². The van der Waals surface area contributed by atoms with Crippen molar-refractivity contribution in [2.45, 2.75) is 6.54 Å². The highest BCUT2D eigenvalue weighted by Crippen LogP contribution is 2.27. The lowest BCUT2D eigenvalue weighted by Gasteiger charge is -2.09. The number of nitrogens with one attached hydrogen (secondary N) is 2. The molecule has 2 aromatic heterocycles. The number of amides is 2. The Balaban J connectivity index is 1.37. The van der Waals surface area contributed by atoms with Crippen molar-refractivity contribution in [2.24, 2.45) is 0 Å². The van der Waals surface area contributed by atoms with Crippen LogP contribution in [-0.2, 0) is 11.3 Å². The number of hydrogen-bond acceptors (Lipinski definition) is 9. The fourth-order valence-corrected chi connectivity index (χ4v) is 2.79. The highest BCUT2D eigenvalue weighted by atomic mass is 35.5. The SMILES string of the molecule is O=C(COc1ccc(Cl)cc1Cl)NCCNC(=O)c1nc(Cn2ccc([N+](=O)[O-])n2)no1. The molecule has 0 bridgehead atoms. The third-order valence-electron chi connectivity index (χ3n) is 3.76. The second-order valence-electron chi connectivity index (χ2n) is 6.11. The lowest BCUT2D eigenvalue weighted by molar-refractivity contribution is -0.389. The first-order valence-corrected chi connectivity index (χ1v) is 9.70. The molecule has 0 radical (unpaired) electrons. The minimum Gasteiger partial charge on any atom is -0.482 e. The zero-order valence-corrected chi connectivity index (χ0v) is 17.7. The van der Waals surface area contributed by atoms with Crippen LogP contribution in [0.4, 0.5) is 5.82 Å². The Morgan fingerprint density at radius 1 is 1.22 bits per heavy atom. The van der Waals surface area contributed by atoms with Crippen LogP contribution in [0.3, 0.4) is 0 Å². The van der Waals surface area contributed by atoms with E-state index in [9.17, 15) is 19.7 Å². The Labute approximate surface area is 189 Å². The van der Waals surface area contributed by atoms with Crippen molar-refractivity contribution in [1.29, 1.82) is 0 Å². The fraction of sp³-hybridized carbons (Fsp3) is 0.235. The van der Waals surface area contributed by atoms with Gasteiger partial charge in [0.25, 0.3) is 5.91 Å². The molecule has 0 saturated carbocycles. The molecule has 0 aliphatic rings. The Bertz CT molecular complexity index is 1130. The van der Waals surface area contributed by atoms with Gasteiger partial charge in [0.2, 0.25) is 0 Å². The Hall–Kier alpha value is -3.71. The third-order valence-corrected chi connectivity index (χ3v) is 4.30. The maximum atomic E-state index is 12.0. The van der Waals surface area contributed by atoms with Crippen molar-refractivity contribution in [1.82, 2.24) is 30.6 Å². The Kier molecular flexibility index (Phi) is 7.57. The lowest BCUT2D eigenvalue weighted by atomic mass is 10.3. The molecule has 2 heterocycles. The van der Waals surface area contributed by atoms with E-state index >= 15 is 0 Å². The summed E-state index contributed by atoms with van der Waals surface area (Å²) >= 11 is 11.7. The van der Waals surface area contributed by atoms with Crippen molar-refractivity contribution < 1.29 is 23.8 Å². The average molecular weight is 484 g/mol. The number of carbonyl (C=O) groups excluding carboxylic acids is 2. The molecule has 2 N–H and O–H groups in total. The molecule has 3 aromatic rings. The van der Waals surface area contributed by atoms with Crippen LogP contribution in [0.2, 0.25) is 10.0 Å². The number of rotatable bonds is 10. The third kappa shape index (κ3) is 6.39. The molecule has 13 nitrogen and oxygen atoms in total. The predicted molar refractivity (Wildman–Crippen MR) is 110 cm³/mol. The van der Waals surface area contributed by atoms with Crippen LogP contribution in [0.5, 0.6) is 5.75 Å². The van der Waals surface area contributed by atoms with E-state index in [1.54, 1.807) is 12.1 Å². The topological polar surface area (TPSA) is 167 Å². The molecule has 1 aromatic carbocycles. The van der Waals surface area contributed by atoms with E-state index in [0.29, 0.717) is 10.8 Å². The largest absolute Gasteiger partial charge is 0.482 e. The van der Waals surface area contributed by atoms with Gasteiger partial charge in [0.05, 0.1) is 22.4 Å². The lowest BCUT2D eigenvalue weighted by Crippen LogP contribution is -2.36. The minimum absolute atomic E-state index is 0.0156. The molecular weight excluding hydrogens is 469 g/mol. The molecule has 0 saturated heterocycles. The van der Waals surface area contributed by atoms with Crippen LogP contribution >= 0.6 is 23.2 Å². The summed E-state index contributed by atoms with van der Waals surface area (Å²) in [6.45, 7) is -0.0677. The van der Waals surface area contributed by atoms with Gasteiger partial charge in [0.15, 0.2) is 12.4 Å². The van der Waals surface area contributed by atoms with E-state index in [1.807, 2.05) is 0 Å². The molecule has 0 aliphatic carbocycles. The predicted octanol–water partition coefficient (Wildman–Crippen LogP) is 1.45. The quantitative estimate of drug-likeness (QED) is 0.246.